The summed E-state index contributed by atoms with van der Waals surface area (Å²) in [4.78, 5) is 22.6. The highest BCUT2D eigenvalue weighted by atomic mass is 16.7. The monoisotopic (exact) mass is 339 g/mol. The Balaban J connectivity index is 3.24. The predicted octanol–water partition coefficient (Wildman–Crippen LogP) is -5.65. The second kappa shape index (κ2) is 7.02. The number of carboxylic acids is 1. The molecule has 1 saturated heterocycles. The van der Waals surface area contributed by atoms with E-state index < -0.39 is 67.3 Å². The van der Waals surface area contributed by atoms with Crippen LogP contribution in [0.15, 0.2) is 0 Å². The summed E-state index contributed by atoms with van der Waals surface area (Å²) < 4.78 is 4.85. The normalized spacial score (nSPS) is 37.0. The van der Waals surface area contributed by atoms with Crippen molar-refractivity contribution in [2.24, 2.45) is 11.5 Å². The molecule has 11 N–H and O–H groups in total. The number of carbonyl (C=O) groups excluding carboxylic acids is 1. The molecule has 0 aromatic heterocycles. The van der Waals surface area contributed by atoms with Crippen LogP contribution in [0.2, 0.25) is 0 Å². The van der Waals surface area contributed by atoms with Crippen LogP contribution in [0.1, 0.15) is 6.42 Å². The summed E-state index contributed by atoms with van der Waals surface area (Å²) in [5.41, 5.74) is 8.67. The van der Waals surface area contributed by atoms with Gasteiger partial charge in [-0.25, -0.2) is 4.79 Å². The maximum atomic E-state index is 11.5. The molecule has 0 aliphatic carbocycles. The Hall–Kier alpha value is -1.38. The largest absolute Gasteiger partial charge is 0.477 e. The fourth-order valence-electron chi connectivity index (χ4n) is 2.22. The molecule has 0 unspecified atom stereocenters. The number of hydrogen-bond acceptors (Lipinski definition) is 10. The zero-order chi connectivity index (χ0) is 18.0. The van der Waals surface area contributed by atoms with Crippen LogP contribution in [-0.2, 0) is 14.3 Å². The van der Waals surface area contributed by atoms with Crippen LogP contribution in [0.3, 0.4) is 0 Å². The number of aliphatic hydroxyl groups is 5. The zero-order valence-corrected chi connectivity index (χ0v) is 12.0. The number of carboxylic acid groups (broad SMARTS) is 1. The summed E-state index contributed by atoms with van der Waals surface area (Å²) in [5.74, 6) is -5.66. The third-order valence-electron chi connectivity index (χ3n) is 3.58. The first kappa shape index (κ1) is 19.7. The minimum atomic E-state index is -2.92. The van der Waals surface area contributed by atoms with Gasteiger partial charge in [-0.15, -0.1) is 0 Å². The number of hydrogen-bond donors (Lipinski definition) is 9. The Labute approximate surface area is 130 Å². The average Bonchev–Trinajstić information content (AvgIpc) is 2.49. The molecule has 134 valence electrons. The van der Waals surface area contributed by atoms with Crippen molar-refractivity contribution in [2.75, 3.05) is 13.2 Å². The number of nitrogens with two attached hydrogens (primary N) is 2. The lowest BCUT2D eigenvalue weighted by molar-refractivity contribution is -0.311. The van der Waals surface area contributed by atoms with Gasteiger partial charge >= 0.3 is 5.97 Å². The van der Waals surface area contributed by atoms with Gasteiger partial charge in [0.05, 0.1) is 19.3 Å². The molecule has 0 bridgehead atoms. The molecule has 1 rings (SSSR count). The van der Waals surface area contributed by atoms with Crippen LogP contribution >= 0.6 is 0 Å². The van der Waals surface area contributed by atoms with Crippen LogP contribution in [0, 0.1) is 0 Å². The van der Waals surface area contributed by atoms with E-state index in [-0.39, 0.29) is 0 Å². The molecule has 1 fully saturated rings. The predicted molar refractivity (Wildman–Crippen MR) is 71.3 cm³/mol. The van der Waals surface area contributed by atoms with Gasteiger partial charge in [-0.3, -0.25) is 4.79 Å². The Bertz CT molecular complexity index is 464. The van der Waals surface area contributed by atoms with Gasteiger partial charge in [-0.1, -0.05) is 0 Å². The van der Waals surface area contributed by atoms with E-state index in [9.17, 15) is 30.0 Å². The van der Waals surface area contributed by atoms with Crippen LogP contribution < -0.4 is 16.8 Å². The number of nitrogens with one attached hydrogen (secondary N) is 1. The van der Waals surface area contributed by atoms with E-state index in [1.54, 1.807) is 0 Å². The average molecular weight is 339 g/mol. The second-order valence-electron chi connectivity index (χ2n) is 5.27. The Kier molecular flexibility index (Phi) is 6.00. The fourth-order valence-corrected chi connectivity index (χ4v) is 2.22. The van der Waals surface area contributed by atoms with E-state index in [4.69, 9.17) is 26.4 Å². The van der Waals surface area contributed by atoms with Gasteiger partial charge in [0.2, 0.25) is 5.91 Å². The molecule has 0 saturated carbocycles. The molecule has 12 heteroatoms. The molecule has 0 spiro atoms. The van der Waals surface area contributed by atoms with Gasteiger partial charge in [-0.2, -0.15) is 0 Å². The van der Waals surface area contributed by atoms with Gasteiger partial charge < -0.3 is 52.2 Å². The van der Waals surface area contributed by atoms with Crippen LogP contribution in [0.5, 0.6) is 0 Å². The van der Waals surface area contributed by atoms with Gasteiger partial charge in [0.25, 0.3) is 5.79 Å². The van der Waals surface area contributed by atoms with Crippen LogP contribution in [0.25, 0.3) is 0 Å². The first-order valence-corrected chi connectivity index (χ1v) is 6.60. The third-order valence-corrected chi connectivity index (χ3v) is 3.58. The SMILES string of the molecule is NCC(=O)N[C@@]1(N)[C@@H](O)C[C@@](O)(C(=O)O)O[C@H]1[C@H](O)[C@H](O)CO. The molecule has 12 nitrogen and oxygen atoms in total. The number of aliphatic hydroxyl groups excluding tert-OH is 4. The van der Waals surface area contributed by atoms with Gasteiger partial charge in [-0.05, 0) is 0 Å². The van der Waals surface area contributed by atoms with E-state index in [0.29, 0.717) is 0 Å². The summed E-state index contributed by atoms with van der Waals surface area (Å²) in [7, 11) is 0. The Morgan fingerprint density at radius 3 is 2.39 bits per heavy atom. The number of rotatable bonds is 6. The number of ether oxygens (including phenoxy) is 1. The lowest BCUT2D eigenvalue weighted by Gasteiger charge is -2.50. The summed E-state index contributed by atoms with van der Waals surface area (Å²) >= 11 is 0. The highest BCUT2D eigenvalue weighted by molar-refractivity contribution is 5.79. The van der Waals surface area contributed by atoms with Crippen molar-refractivity contribution in [2.45, 2.75) is 42.3 Å². The quantitative estimate of drug-likeness (QED) is 0.207. The fraction of sp³-hybridized carbons (Fsp3) is 0.818. The second-order valence-corrected chi connectivity index (χ2v) is 5.27. The lowest BCUT2D eigenvalue weighted by atomic mass is 9.83. The number of amides is 1. The topological polar surface area (TPSA) is 229 Å². The van der Waals surface area contributed by atoms with Crippen molar-refractivity contribution in [3.63, 3.8) is 0 Å². The van der Waals surface area contributed by atoms with Gasteiger partial charge in [0, 0.05) is 6.42 Å². The first-order chi connectivity index (χ1) is 10.5. The Morgan fingerprint density at radius 1 is 1.39 bits per heavy atom. The molecular weight excluding hydrogens is 318 g/mol. The molecule has 1 aliphatic rings. The summed E-state index contributed by atoms with van der Waals surface area (Å²) in [5, 5.41) is 59.4. The zero-order valence-electron chi connectivity index (χ0n) is 12.0. The molecule has 0 aromatic carbocycles. The maximum Gasteiger partial charge on any atom is 0.364 e. The molecule has 1 amide bonds. The number of aliphatic carboxylic acids is 1. The van der Waals surface area contributed by atoms with E-state index in [1.807, 2.05) is 0 Å². The van der Waals surface area contributed by atoms with E-state index in [0.717, 1.165) is 0 Å². The van der Waals surface area contributed by atoms with Crippen molar-refractivity contribution >= 4 is 11.9 Å². The molecular formula is C11H21N3O9. The van der Waals surface area contributed by atoms with Crippen LogP contribution in [0.4, 0.5) is 0 Å². The van der Waals surface area contributed by atoms with Crippen molar-refractivity contribution < 1.29 is 45.0 Å². The highest BCUT2D eigenvalue weighted by Crippen LogP contribution is 2.34. The van der Waals surface area contributed by atoms with E-state index in [2.05, 4.69) is 5.32 Å². The molecule has 0 radical (unpaired) electrons. The summed E-state index contributed by atoms with van der Waals surface area (Å²) in [6.45, 7) is -1.50. The van der Waals surface area contributed by atoms with Crippen molar-refractivity contribution in [1.82, 2.24) is 5.32 Å². The smallest absolute Gasteiger partial charge is 0.364 e. The molecule has 1 heterocycles. The minimum absolute atomic E-state index is 0.541. The molecule has 6 atom stereocenters. The van der Waals surface area contributed by atoms with Crippen molar-refractivity contribution in [3.8, 4) is 0 Å². The molecule has 23 heavy (non-hydrogen) atoms. The first-order valence-electron chi connectivity index (χ1n) is 6.60. The molecule has 1 aliphatic heterocycles. The standard InChI is InChI=1S/C11H21N3O9/c12-2-6(18)14-11(13)5(17)1-10(22,9(20)21)23-8(11)7(19)4(16)3-15/h4-5,7-8,15-17,19,22H,1-3,12-13H2,(H,14,18)(H,20,21)/t4-,5+,7-,8+,10+,11+/m1/s1. The van der Waals surface area contributed by atoms with Crippen LogP contribution in [-0.4, -0.2) is 91.5 Å². The van der Waals surface area contributed by atoms with E-state index in [1.165, 1.54) is 0 Å². The third kappa shape index (κ3) is 3.76. The maximum absolute atomic E-state index is 11.5. The minimum Gasteiger partial charge on any atom is -0.477 e. The molecule has 0 aromatic rings. The highest BCUT2D eigenvalue weighted by Gasteiger charge is 2.60. The lowest BCUT2D eigenvalue weighted by Crippen LogP contribution is -2.79. The summed E-state index contributed by atoms with van der Waals surface area (Å²) in [6.07, 6.45) is -8.66. The Morgan fingerprint density at radius 2 is 1.96 bits per heavy atom. The summed E-state index contributed by atoms with van der Waals surface area (Å²) in [6, 6.07) is 0. The van der Waals surface area contributed by atoms with Gasteiger partial charge in [0.15, 0.2) is 0 Å². The van der Waals surface area contributed by atoms with Gasteiger partial charge in [0.1, 0.15) is 24.0 Å². The van der Waals surface area contributed by atoms with E-state index >= 15 is 0 Å². The van der Waals surface area contributed by atoms with Crippen molar-refractivity contribution in [3.05, 3.63) is 0 Å². The number of carbonyl (C=O) groups is 2. The van der Waals surface area contributed by atoms with Crippen molar-refractivity contribution in [1.29, 1.82) is 0 Å².